The Morgan fingerprint density at radius 2 is 1.83 bits per heavy atom. The van der Waals surface area contributed by atoms with E-state index in [1.165, 1.54) is 0 Å². The summed E-state index contributed by atoms with van der Waals surface area (Å²) in [5.74, 6) is 0. The van der Waals surface area contributed by atoms with E-state index in [1.807, 2.05) is 0 Å². The van der Waals surface area contributed by atoms with Crippen LogP contribution >= 0.6 is 0 Å². The molecule has 0 heterocycles. The van der Waals surface area contributed by atoms with Crippen LogP contribution in [0.25, 0.3) is 0 Å². The molecule has 1 atom stereocenters. The summed E-state index contributed by atoms with van der Waals surface area (Å²) in [4.78, 5) is 10.6. The predicted molar refractivity (Wildman–Crippen MR) is 72.4 cm³/mol. The molecule has 0 bridgehead atoms. The van der Waals surface area contributed by atoms with Crippen molar-refractivity contribution in [3.05, 3.63) is 22.2 Å². The van der Waals surface area contributed by atoms with Gasteiger partial charge < -0.3 is 21.1 Å². The summed E-state index contributed by atoms with van der Waals surface area (Å²) in [5, 5.41) is 28.8. The second kappa shape index (κ2) is 6.06. The first kappa shape index (κ1) is 14.0. The smallest absolute Gasteiger partial charge is 0.315 e. The lowest BCUT2D eigenvalue weighted by Crippen LogP contribution is -2.15. The van der Waals surface area contributed by atoms with E-state index < -0.39 is 11.0 Å². The molecule has 4 N–H and O–H groups in total. The maximum Gasteiger partial charge on any atom is 0.315 e. The lowest BCUT2D eigenvalue weighted by atomic mass is 10.2. The number of nitrogens with one attached hydrogen (secondary N) is 3. The van der Waals surface area contributed by atoms with Crippen molar-refractivity contribution in [2.75, 3.05) is 36.6 Å². The van der Waals surface area contributed by atoms with E-state index in [0.29, 0.717) is 23.6 Å². The van der Waals surface area contributed by atoms with Crippen LogP contribution in [0.1, 0.15) is 6.92 Å². The highest BCUT2D eigenvalue weighted by molar-refractivity contribution is 5.81. The zero-order valence-corrected chi connectivity index (χ0v) is 10.7. The molecule has 100 valence electrons. The van der Waals surface area contributed by atoms with Crippen LogP contribution < -0.4 is 16.0 Å². The van der Waals surface area contributed by atoms with Crippen molar-refractivity contribution in [3.8, 4) is 0 Å². The molecule has 1 unspecified atom stereocenters. The highest BCUT2D eigenvalue weighted by Gasteiger charge is 2.19. The van der Waals surface area contributed by atoms with Gasteiger partial charge in [0.05, 0.1) is 11.0 Å². The molecule has 0 aliphatic carbocycles. The second-order valence-electron chi connectivity index (χ2n) is 3.91. The van der Waals surface area contributed by atoms with E-state index in [0.717, 1.165) is 0 Å². The van der Waals surface area contributed by atoms with Gasteiger partial charge in [0.1, 0.15) is 11.4 Å². The number of nitro groups is 1. The average molecular weight is 254 g/mol. The number of aliphatic hydroxyl groups excluding tert-OH is 1. The van der Waals surface area contributed by atoms with Crippen LogP contribution in [-0.4, -0.2) is 36.8 Å². The third-order valence-corrected chi connectivity index (χ3v) is 2.43. The Bertz CT molecular complexity index is 409. The van der Waals surface area contributed by atoms with Crippen LogP contribution in [0.3, 0.4) is 0 Å². The number of rotatable bonds is 6. The summed E-state index contributed by atoms with van der Waals surface area (Å²) >= 11 is 0. The van der Waals surface area contributed by atoms with Crippen molar-refractivity contribution < 1.29 is 10.0 Å². The van der Waals surface area contributed by atoms with Gasteiger partial charge in [-0.1, -0.05) is 0 Å². The zero-order chi connectivity index (χ0) is 13.7. The van der Waals surface area contributed by atoms with Crippen molar-refractivity contribution in [2.45, 2.75) is 13.0 Å². The minimum atomic E-state index is -0.490. The lowest BCUT2D eigenvalue weighted by Gasteiger charge is -2.13. The second-order valence-corrected chi connectivity index (χ2v) is 3.91. The molecule has 7 heteroatoms. The van der Waals surface area contributed by atoms with Crippen molar-refractivity contribution in [1.82, 2.24) is 0 Å². The third kappa shape index (κ3) is 3.24. The van der Waals surface area contributed by atoms with Crippen LogP contribution in [0.4, 0.5) is 22.7 Å². The molecular weight excluding hydrogens is 236 g/mol. The van der Waals surface area contributed by atoms with Crippen LogP contribution in [-0.2, 0) is 0 Å². The minimum Gasteiger partial charge on any atom is -0.392 e. The fourth-order valence-electron chi connectivity index (χ4n) is 1.58. The Morgan fingerprint density at radius 3 is 2.17 bits per heavy atom. The molecule has 18 heavy (non-hydrogen) atoms. The number of aliphatic hydroxyl groups is 1. The van der Waals surface area contributed by atoms with E-state index in [4.69, 9.17) is 0 Å². The summed E-state index contributed by atoms with van der Waals surface area (Å²) in [6, 6.07) is 3.28. The largest absolute Gasteiger partial charge is 0.392 e. The molecular formula is C11H18N4O3. The first-order chi connectivity index (χ1) is 8.49. The van der Waals surface area contributed by atoms with Crippen molar-refractivity contribution in [2.24, 2.45) is 0 Å². The monoisotopic (exact) mass is 254 g/mol. The standard InChI is InChI=1S/C11H18N4O3/c1-7(16)6-14-8-4-9(12-2)11(15(17)18)10(5-8)13-3/h4-5,7,12-14,16H,6H2,1-3H3. The Kier molecular flexibility index (Phi) is 4.73. The van der Waals surface area contributed by atoms with E-state index in [2.05, 4.69) is 16.0 Å². The summed E-state index contributed by atoms with van der Waals surface area (Å²) in [6.45, 7) is 2.04. The Morgan fingerprint density at radius 1 is 1.33 bits per heavy atom. The van der Waals surface area contributed by atoms with Gasteiger partial charge in [0.2, 0.25) is 0 Å². The maximum atomic E-state index is 11.0. The topological polar surface area (TPSA) is 99.5 Å². The number of anilines is 3. The van der Waals surface area contributed by atoms with E-state index in [-0.39, 0.29) is 5.69 Å². The van der Waals surface area contributed by atoms with Gasteiger partial charge in [-0.3, -0.25) is 10.1 Å². The predicted octanol–water partition coefficient (Wildman–Crippen LogP) is 1.47. The summed E-state index contributed by atoms with van der Waals surface area (Å²) in [5.41, 5.74) is 1.54. The van der Waals surface area contributed by atoms with Gasteiger partial charge in [-0.2, -0.15) is 0 Å². The zero-order valence-electron chi connectivity index (χ0n) is 10.7. The first-order valence-electron chi connectivity index (χ1n) is 5.59. The van der Waals surface area contributed by atoms with E-state index in [9.17, 15) is 15.2 Å². The molecule has 0 radical (unpaired) electrons. The maximum absolute atomic E-state index is 11.0. The molecule has 1 aromatic carbocycles. The number of nitro benzene ring substituents is 1. The number of hydrogen-bond donors (Lipinski definition) is 4. The Hall–Kier alpha value is -2.02. The fourth-order valence-corrected chi connectivity index (χ4v) is 1.58. The molecule has 1 aromatic rings. The van der Waals surface area contributed by atoms with E-state index >= 15 is 0 Å². The highest BCUT2D eigenvalue weighted by Crippen LogP contribution is 2.35. The molecule has 0 fully saturated rings. The van der Waals surface area contributed by atoms with Gasteiger partial charge >= 0.3 is 5.69 Å². The van der Waals surface area contributed by atoms with Crippen LogP contribution in [0.2, 0.25) is 0 Å². The molecule has 0 aliphatic heterocycles. The van der Waals surface area contributed by atoms with Gasteiger partial charge in [0.15, 0.2) is 0 Å². The molecule has 0 saturated heterocycles. The van der Waals surface area contributed by atoms with Gasteiger partial charge in [-0.05, 0) is 19.1 Å². The summed E-state index contributed by atoms with van der Waals surface area (Å²) in [7, 11) is 3.25. The summed E-state index contributed by atoms with van der Waals surface area (Å²) < 4.78 is 0. The Balaban J connectivity index is 3.13. The normalized spacial score (nSPS) is 11.8. The molecule has 0 amide bonds. The molecule has 0 spiro atoms. The average Bonchev–Trinajstić information content (AvgIpc) is 2.34. The summed E-state index contributed by atoms with van der Waals surface area (Å²) in [6.07, 6.45) is -0.490. The molecule has 7 nitrogen and oxygen atoms in total. The van der Waals surface area contributed by atoms with Crippen LogP contribution in [0.15, 0.2) is 12.1 Å². The minimum absolute atomic E-state index is 0.00240. The fraction of sp³-hybridized carbons (Fsp3) is 0.455. The van der Waals surface area contributed by atoms with Crippen molar-refractivity contribution >= 4 is 22.7 Å². The van der Waals surface area contributed by atoms with Gasteiger partial charge in [0, 0.05) is 26.3 Å². The SMILES string of the molecule is CNc1cc(NCC(C)O)cc(NC)c1[N+](=O)[O-]. The highest BCUT2D eigenvalue weighted by atomic mass is 16.6. The molecule has 0 aliphatic rings. The van der Waals surface area contributed by atoms with Gasteiger partial charge in [0.25, 0.3) is 0 Å². The van der Waals surface area contributed by atoms with Crippen LogP contribution in [0.5, 0.6) is 0 Å². The van der Waals surface area contributed by atoms with E-state index in [1.54, 1.807) is 33.2 Å². The molecule has 0 saturated carbocycles. The molecule has 1 rings (SSSR count). The number of nitrogens with zero attached hydrogens (tertiary/aromatic N) is 1. The first-order valence-corrected chi connectivity index (χ1v) is 5.59. The van der Waals surface area contributed by atoms with Crippen LogP contribution in [0, 0.1) is 10.1 Å². The number of hydrogen-bond acceptors (Lipinski definition) is 6. The quantitative estimate of drug-likeness (QED) is 0.453. The number of benzene rings is 1. The van der Waals surface area contributed by atoms with Gasteiger partial charge in [-0.15, -0.1) is 0 Å². The lowest BCUT2D eigenvalue weighted by molar-refractivity contribution is -0.383. The van der Waals surface area contributed by atoms with Gasteiger partial charge in [-0.25, -0.2) is 0 Å². The third-order valence-electron chi connectivity index (χ3n) is 2.43. The van der Waals surface area contributed by atoms with Crippen molar-refractivity contribution in [3.63, 3.8) is 0 Å². The van der Waals surface area contributed by atoms with Crippen molar-refractivity contribution in [1.29, 1.82) is 0 Å². The Labute approximate surface area is 105 Å². The molecule has 0 aromatic heterocycles.